The summed E-state index contributed by atoms with van der Waals surface area (Å²) in [5.41, 5.74) is 7.18. The molecule has 0 aliphatic rings. The van der Waals surface area contributed by atoms with Gasteiger partial charge in [0.25, 0.3) is 0 Å². The van der Waals surface area contributed by atoms with Crippen LogP contribution in [-0.2, 0) is 14.3 Å². The normalized spacial score (nSPS) is 11.9. The summed E-state index contributed by atoms with van der Waals surface area (Å²) in [5, 5.41) is 2.52. The minimum absolute atomic E-state index is 0.179. The second kappa shape index (κ2) is 8.52. The fraction of sp³-hybridized carbons (Fsp3) is 0.267. The number of aliphatic imine (C=N–C) groups is 1. The van der Waals surface area contributed by atoms with Crippen molar-refractivity contribution in [3.8, 4) is 0 Å². The van der Waals surface area contributed by atoms with Crippen molar-refractivity contribution in [1.82, 2.24) is 5.32 Å². The zero-order chi connectivity index (χ0) is 15.7. The summed E-state index contributed by atoms with van der Waals surface area (Å²) < 4.78 is 4.78. The van der Waals surface area contributed by atoms with Crippen LogP contribution in [0, 0.1) is 0 Å². The van der Waals surface area contributed by atoms with E-state index in [1.807, 2.05) is 30.3 Å². The molecule has 0 radical (unpaired) electrons. The van der Waals surface area contributed by atoms with E-state index in [1.165, 1.54) is 13.0 Å². The van der Waals surface area contributed by atoms with E-state index in [0.29, 0.717) is 5.70 Å². The van der Waals surface area contributed by atoms with Crippen molar-refractivity contribution in [3.63, 3.8) is 0 Å². The molecule has 0 aliphatic carbocycles. The van der Waals surface area contributed by atoms with Gasteiger partial charge >= 0.3 is 5.97 Å². The molecule has 0 heterocycles. The molecular formula is C15H19N3O3. The molecule has 0 unspecified atom stereocenters. The summed E-state index contributed by atoms with van der Waals surface area (Å²) in [7, 11) is 0. The molecule has 0 fully saturated rings. The number of hydrogen-bond donors (Lipinski definition) is 2. The van der Waals surface area contributed by atoms with Crippen LogP contribution in [0.4, 0.5) is 0 Å². The van der Waals surface area contributed by atoms with Crippen LogP contribution in [0.5, 0.6) is 0 Å². The number of carbonyl (C=O) groups excluding carboxylic acids is 2. The van der Waals surface area contributed by atoms with Crippen molar-refractivity contribution >= 4 is 23.4 Å². The van der Waals surface area contributed by atoms with Gasteiger partial charge in [0.2, 0.25) is 5.91 Å². The molecular weight excluding hydrogens is 270 g/mol. The van der Waals surface area contributed by atoms with Crippen molar-refractivity contribution in [2.75, 3.05) is 13.2 Å². The van der Waals surface area contributed by atoms with Gasteiger partial charge < -0.3 is 15.8 Å². The molecule has 3 N–H and O–H groups in total. The van der Waals surface area contributed by atoms with Crippen LogP contribution in [0.15, 0.2) is 41.4 Å². The van der Waals surface area contributed by atoms with Crippen molar-refractivity contribution in [3.05, 3.63) is 42.0 Å². The topological polar surface area (TPSA) is 93.8 Å². The van der Waals surface area contributed by atoms with Crippen molar-refractivity contribution in [2.45, 2.75) is 13.8 Å². The number of amides is 1. The van der Waals surface area contributed by atoms with Crippen LogP contribution in [0.25, 0.3) is 5.70 Å². The maximum absolute atomic E-state index is 11.3. The Hall–Kier alpha value is -2.63. The molecule has 1 rings (SSSR count). The molecule has 1 aromatic rings. The highest BCUT2D eigenvalue weighted by Gasteiger charge is 2.04. The fourth-order valence-electron chi connectivity index (χ4n) is 1.52. The first-order valence-electron chi connectivity index (χ1n) is 6.53. The Labute approximate surface area is 123 Å². The van der Waals surface area contributed by atoms with E-state index in [0.717, 1.165) is 5.56 Å². The largest absolute Gasteiger partial charge is 0.465 e. The second-order valence-corrected chi connectivity index (χ2v) is 4.15. The number of carbonyl (C=O) groups is 2. The van der Waals surface area contributed by atoms with E-state index in [4.69, 9.17) is 10.5 Å². The van der Waals surface area contributed by atoms with E-state index in [-0.39, 0.29) is 24.9 Å². The first-order valence-corrected chi connectivity index (χ1v) is 6.53. The Morgan fingerprint density at radius 3 is 2.57 bits per heavy atom. The number of amidine groups is 1. The highest BCUT2D eigenvalue weighted by molar-refractivity contribution is 6.07. The Morgan fingerprint density at radius 1 is 1.33 bits per heavy atom. The van der Waals surface area contributed by atoms with Crippen LogP contribution >= 0.6 is 0 Å². The zero-order valence-corrected chi connectivity index (χ0v) is 12.1. The molecule has 0 bridgehead atoms. The van der Waals surface area contributed by atoms with Gasteiger partial charge in [-0.05, 0) is 12.5 Å². The molecule has 0 atom stereocenters. The van der Waals surface area contributed by atoms with Crippen LogP contribution in [-0.4, -0.2) is 30.9 Å². The van der Waals surface area contributed by atoms with Crippen LogP contribution < -0.4 is 11.1 Å². The van der Waals surface area contributed by atoms with Crippen LogP contribution in [0.1, 0.15) is 19.4 Å². The summed E-state index contributed by atoms with van der Waals surface area (Å²) in [4.78, 5) is 26.5. The van der Waals surface area contributed by atoms with E-state index in [1.54, 1.807) is 6.92 Å². The third-order valence-corrected chi connectivity index (χ3v) is 2.39. The lowest BCUT2D eigenvalue weighted by atomic mass is 10.1. The van der Waals surface area contributed by atoms with E-state index in [2.05, 4.69) is 10.3 Å². The first-order chi connectivity index (χ1) is 10.0. The predicted molar refractivity (Wildman–Crippen MR) is 81.4 cm³/mol. The third kappa shape index (κ3) is 6.38. The molecule has 0 aromatic heterocycles. The van der Waals surface area contributed by atoms with Crippen molar-refractivity contribution in [1.29, 1.82) is 0 Å². The van der Waals surface area contributed by atoms with Gasteiger partial charge in [-0.1, -0.05) is 30.3 Å². The SMILES string of the molecule is CCOC(=O)CN=C(C=C(N)c1ccccc1)NC(C)=O. The molecule has 6 heteroatoms. The monoisotopic (exact) mass is 289 g/mol. The number of nitrogens with one attached hydrogen (secondary N) is 1. The standard InChI is InChI=1S/C15H19N3O3/c1-3-21-15(20)10-17-14(18-11(2)19)9-13(16)12-7-5-4-6-8-12/h4-9H,3,10,16H2,1-2H3,(H,17,18,19). The van der Waals surface area contributed by atoms with Crippen molar-refractivity contribution in [2.24, 2.45) is 10.7 Å². The third-order valence-electron chi connectivity index (χ3n) is 2.39. The molecule has 0 spiro atoms. The van der Waals surface area contributed by atoms with Crippen molar-refractivity contribution < 1.29 is 14.3 Å². The number of rotatable bonds is 5. The number of benzene rings is 1. The van der Waals surface area contributed by atoms with Gasteiger partial charge in [0.15, 0.2) is 0 Å². The molecule has 0 saturated heterocycles. The molecule has 1 aromatic carbocycles. The quantitative estimate of drug-likeness (QED) is 0.482. The van der Waals surface area contributed by atoms with E-state index < -0.39 is 5.97 Å². The Morgan fingerprint density at radius 2 is 2.00 bits per heavy atom. The molecule has 21 heavy (non-hydrogen) atoms. The maximum atomic E-state index is 11.3. The Bertz CT molecular complexity index is 551. The molecule has 0 aliphatic heterocycles. The predicted octanol–water partition coefficient (Wildman–Crippen LogP) is 1.08. The minimum atomic E-state index is -0.466. The minimum Gasteiger partial charge on any atom is -0.465 e. The Kier molecular flexibility index (Phi) is 6.67. The molecule has 112 valence electrons. The van der Waals surface area contributed by atoms with Gasteiger partial charge in [-0.15, -0.1) is 0 Å². The second-order valence-electron chi connectivity index (χ2n) is 4.15. The number of nitrogens with zero attached hydrogens (tertiary/aromatic N) is 1. The molecule has 0 saturated carbocycles. The maximum Gasteiger partial charge on any atom is 0.327 e. The van der Waals surface area contributed by atoms with Gasteiger partial charge in [0.05, 0.1) is 6.61 Å². The van der Waals surface area contributed by atoms with Gasteiger partial charge in [0, 0.05) is 18.7 Å². The Balaban J connectivity index is 2.89. The fourth-order valence-corrected chi connectivity index (χ4v) is 1.52. The zero-order valence-electron chi connectivity index (χ0n) is 12.1. The van der Waals surface area contributed by atoms with Crippen LogP contribution in [0.3, 0.4) is 0 Å². The number of hydrogen-bond acceptors (Lipinski definition) is 5. The molecule has 6 nitrogen and oxygen atoms in total. The summed E-state index contributed by atoms with van der Waals surface area (Å²) in [6.45, 7) is 3.17. The van der Waals surface area contributed by atoms with Gasteiger partial charge in [0.1, 0.15) is 12.4 Å². The summed E-state index contributed by atoms with van der Waals surface area (Å²) >= 11 is 0. The highest BCUT2D eigenvalue weighted by atomic mass is 16.5. The lowest BCUT2D eigenvalue weighted by Crippen LogP contribution is -2.28. The number of nitrogens with two attached hydrogens (primary N) is 1. The first kappa shape index (κ1) is 16.4. The van der Waals surface area contributed by atoms with E-state index in [9.17, 15) is 9.59 Å². The molecule has 1 amide bonds. The van der Waals surface area contributed by atoms with Crippen LogP contribution in [0.2, 0.25) is 0 Å². The average Bonchev–Trinajstić information content (AvgIpc) is 2.45. The van der Waals surface area contributed by atoms with E-state index >= 15 is 0 Å². The summed E-state index contributed by atoms with van der Waals surface area (Å²) in [6.07, 6.45) is 1.51. The lowest BCUT2D eigenvalue weighted by molar-refractivity contribution is -0.141. The van der Waals surface area contributed by atoms with Gasteiger partial charge in [-0.25, -0.2) is 0 Å². The van der Waals surface area contributed by atoms with Gasteiger partial charge in [-0.3, -0.25) is 14.6 Å². The van der Waals surface area contributed by atoms with Gasteiger partial charge in [-0.2, -0.15) is 0 Å². The summed E-state index contributed by atoms with van der Waals surface area (Å²) in [6, 6.07) is 9.25. The smallest absolute Gasteiger partial charge is 0.327 e. The number of esters is 1. The average molecular weight is 289 g/mol. The lowest BCUT2D eigenvalue weighted by Gasteiger charge is -2.06. The highest BCUT2D eigenvalue weighted by Crippen LogP contribution is 2.07. The number of ether oxygens (including phenoxy) is 1. The summed E-state index contributed by atoms with van der Waals surface area (Å²) in [5.74, 6) is -0.543.